The summed E-state index contributed by atoms with van der Waals surface area (Å²) in [5, 5.41) is 0. The van der Waals surface area contributed by atoms with Crippen LogP contribution in [0.15, 0.2) is 48.5 Å². The summed E-state index contributed by atoms with van der Waals surface area (Å²) < 4.78 is 26.5. The van der Waals surface area contributed by atoms with Crippen molar-refractivity contribution in [2.24, 2.45) is 0 Å². The molecule has 0 unspecified atom stereocenters. The van der Waals surface area contributed by atoms with Gasteiger partial charge >= 0.3 is 0 Å². The molecule has 2 aromatic rings. The number of hydrogen-bond acceptors (Lipinski definition) is 6. The lowest BCUT2D eigenvalue weighted by atomic mass is 10.2. The van der Waals surface area contributed by atoms with Gasteiger partial charge in [-0.3, -0.25) is 29.0 Å². The molecule has 0 aliphatic carbocycles. The average molecular weight is 482 g/mol. The van der Waals surface area contributed by atoms with Crippen LogP contribution in [-0.4, -0.2) is 71.7 Å². The summed E-state index contributed by atoms with van der Waals surface area (Å²) >= 11 is 0. The second-order valence-electron chi connectivity index (χ2n) is 8.95. The maximum Gasteiger partial charge on any atom is 0.251 e. The molecule has 2 aromatic carbocycles. The van der Waals surface area contributed by atoms with Gasteiger partial charge in [-0.15, -0.1) is 0 Å². The molecule has 2 atom stereocenters. The SMILES string of the molecule is O=C1C[C@@H](N2CCCN([C@@H]3CC(=O)N(c4ccc(F)cc4)C3=O)CC2)C(=O)N1c1ccc(F)cc1. The summed E-state index contributed by atoms with van der Waals surface area (Å²) in [5.74, 6) is -2.25. The standard InChI is InChI=1S/C25H24F2N4O4/c26-16-2-6-18(7-3-16)30-22(32)14-20(24(30)34)28-10-1-11-29(13-12-28)21-15-23(33)31(25(21)35)19-8-4-17(27)5-9-19/h2-9,20-21H,1,10-15H2/t20-,21-/m1/s1. The number of halogens is 2. The minimum absolute atomic E-state index is 0.0371. The van der Waals surface area contributed by atoms with E-state index in [2.05, 4.69) is 0 Å². The van der Waals surface area contributed by atoms with Crippen LogP contribution in [0.4, 0.5) is 20.2 Å². The summed E-state index contributed by atoms with van der Waals surface area (Å²) in [6.45, 7) is 2.03. The molecule has 3 heterocycles. The number of imide groups is 2. The Bertz CT molecular complexity index is 1080. The van der Waals surface area contributed by atoms with Crippen LogP contribution in [-0.2, 0) is 19.2 Å². The molecule has 3 aliphatic heterocycles. The lowest BCUT2D eigenvalue weighted by Gasteiger charge is -2.27. The van der Waals surface area contributed by atoms with Gasteiger partial charge in [0.2, 0.25) is 11.8 Å². The normalized spacial score (nSPS) is 24.5. The zero-order valence-corrected chi connectivity index (χ0v) is 18.9. The van der Waals surface area contributed by atoms with Crippen molar-refractivity contribution in [2.45, 2.75) is 31.3 Å². The summed E-state index contributed by atoms with van der Waals surface area (Å²) in [6, 6.07) is 9.24. The van der Waals surface area contributed by atoms with Gasteiger partial charge < -0.3 is 0 Å². The van der Waals surface area contributed by atoms with Gasteiger partial charge in [-0.25, -0.2) is 18.6 Å². The molecule has 0 bridgehead atoms. The molecule has 10 heteroatoms. The molecule has 3 saturated heterocycles. The zero-order chi connectivity index (χ0) is 24.7. The van der Waals surface area contributed by atoms with Gasteiger partial charge in [0.25, 0.3) is 11.8 Å². The summed E-state index contributed by atoms with van der Waals surface area (Å²) in [5.41, 5.74) is 0.688. The van der Waals surface area contributed by atoms with E-state index in [1.165, 1.54) is 48.5 Å². The van der Waals surface area contributed by atoms with E-state index in [1.807, 2.05) is 9.80 Å². The van der Waals surface area contributed by atoms with Crippen molar-refractivity contribution in [1.29, 1.82) is 0 Å². The second kappa shape index (κ2) is 9.27. The molecule has 0 N–H and O–H groups in total. The Labute approximate surface area is 200 Å². The van der Waals surface area contributed by atoms with Gasteiger partial charge in [0.15, 0.2) is 0 Å². The quantitative estimate of drug-likeness (QED) is 0.620. The van der Waals surface area contributed by atoms with E-state index in [0.29, 0.717) is 44.0 Å². The van der Waals surface area contributed by atoms with Gasteiger partial charge in [0.1, 0.15) is 11.6 Å². The number of amides is 4. The Morgan fingerprint density at radius 3 is 1.31 bits per heavy atom. The smallest absolute Gasteiger partial charge is 0.251 e. The highest BCUT2D eigenvalue weighted by molar-refractivity contribution is 6.23. The van der Waals surface area contributed by atoms with Gasteiger partial charge in [0, 0.05) is 26.2 Å². The minimum Gasteiger partial charge on any atom is -0.290 e. The number of rotatable bonds is 4. The molecule has 0 spiro atoms. The number of hydrogen-bond donors (Lipinski definition) is 0. The largest absolute Gasteiger partial charge is 0.290 e. The highest BCUT2D eigenvalue weighted by Crippen LogP contribution is 2.29. The third-order valence-corrected chi connectivity index (χ3v) is 6.86. The number of anilines is 2. The molecule has 5 rings (SSSR count). The lowest BCUT2D eigenvalue weighted by Crippen LogP contribution is -2.46. The molecule has 4 amide bonds. The number of carbonyl (C=O) groups is 4. The Balaban J connectivity index is 1.26. The average Bonchev–Trinajstić information content (AvgIpc) is 3.17. The highest BCUT2D eigenvalue weighted by atomic mass is 19.1. The molecule has 3 fully saturated rings. The molecule has 8 nitrogen and oxygen atoms in total. The Morgan fingerprint density at radius 2 is 0.943 bits per heavy atom. The fourth-order valence-electron chi connectivity index (χ4n) is 5.11. The maximum atomic E-state index is 13.3. The molecule has 3 aliphatic rings. The van der Waals surface area contributed by atoms with E-state index >= 15 is 0 Å². The fraction of sp³-hybridized carbons (Fsp3) is 0.360. The van der Waals surface area contributed by atoms with Crippen molar-refractivity contribution in [2.75, 3.05) is 36.0 Å². The van der Waals surface area contributed by atoms with Crippen LogP contribution in [0.3, 0.4) is 0 Å². The van der Waals surface area contributed by atoms with Crippen molar-refractivity contribution < 1.29 is 28.0 Å². The zero-order valence-electron chi connectivity index (χ0n) is 18.9. The third kappa shape index (κ3) is 4.35. The molecule has 0 radical (unpaired) electrons. The monoisotopic (exact) mass is 482 g/mol. The predicted octanol–water partition coefficient (Wildman–Crippen LogP) is 1.94. The van der Waals surface area contributed by atoms with Crippen molar-refractivity contribution in [3.05, 3.63) is 60.2 Å². The van der Waals surface area contributed by atoms with Crippen LogP contribution >= 0.6 is 0 Å². The van der Waals surface area contributed by atoms with Crippen LogP contribution in [0.2, 0.25) is 0 Å². The van der Waals surface area contributed by atoms with Crippen molar-refractivity contribution >= 4 is 35.0 Å². The van der Waals surface area contributed by atoms with Crippen molar-refractivity contribution in [3.63, 3.8) is 0 Å². The first-order valence-corrected chi connectivity index (χ1v) is 11.6. The van der Waals surface area contributed by atoms with E-state index in [1.54, 1.807) is 0 Å². The van der Waals surface area contributed by atoms with Gasteiger partial charge in [-0.05, 0) is 55.0 Å². The van der Waals surface area contributed by atoms with E-state index in [-0.39, 0.29) is 36.5 Å². The van der Waals surface area contributed by atoms with Gasteiger partial charge in [0.05, 0.1) is 36.3 Å². The van der Waals surface area contributed by atoms with Crippen LogP contribution in [0, 0.1) is 11.6 Å². The molecule has 35 heavy (non-hydrogen) atoms. The Morgan fingerprint density at radius 1 is 0.571 bits per heavy atom. The highest BCUT2D eigenvalue weighted by Gasteiger charge is 2.45. The molecule has 0 aromatic heterocycles. The first kappa shape index (κ1) is 23.3. The van der Waals surface area contributed by atoms with Gasteiger partial charge in [-0.1, -0.05) is 0 Å². The predicted molar refractivity (Wildman–Crippen MR) is 122 cm³/mol. The second-order valence-corrected chi connectivity index (χ2v) is 8.95. The first-order valence-electron chi connectivity index (χ1n) is 11.6. The van der Waals surface area contributed by atoms with Crippen molar-refractivity contribution in [3.8, 4) is 0 Å². The van der Waals surface area contributed by atoms with Crippen LogP contribution in [0.25, 0.3) is 0 Å². The Kier molecular flexibility index (Phi) is 6.16. The van der Waals surface area contributed by atoms with Crippen LogP contribution in [0.5, 0.6) is 0 Å². The fourth-order valence-corrected chi connectivity index (χ4v) is 5.11. The molecular formula is C25H24F2N4O4. The summed E-state index contributed by atoms with van der Waals surface area (Å²) in [4.78, 5) is 57.5. The maximum absolute atomic E-state index is 13.3. The Hall–Kier alpha value is -3.50. The van der Waals surface area contributed by atoms with Crippen molar-refractivity contribution in [1.82, 2.24) is 9.80 Å². The topological polar surface area (TPSA) is 81.2 Å². The first-order chi connectivity index (χ1) is 16.8. The molecule has 182 valence electrons. The number of carbonyl (C=O) groups excluding carboxylic acids is 4. The van der Waals surface area contributed by atoms with E-state index in [4.69, 9.17) is 0 Å². The van der Waals surface area contributed by atoms with E-state index < -0.39 is 23.7 Å². The van der Waals surface area contributed by atoms with Crippen LogP contribution < -0.4 is 9.80 Å². The number of nitrogens with zero attached hydrogens (tertiary/aromatic N) is 4. The number of benzene rings is 2. The van der Waals surface area contributed by atoms with Crippen LogP contribution in [0.1, 0.15) is 19.3 Å². The molecule has 0 saturated carbocycles. The lowest BCUT2D eigenvalue weighted by molar-refractivity contribution is -0.124. The van der Waals surface area contributed by atoms with Gasteiger partial charge in [-0.2, -0.15) is 0 Å². The molecular weight excluding hydrogens is 458 g/mol. The summed E-state index contributed by atoms with van der Waals surface area (Å²) in [7, 11) is 0. The van der Waals surface area contributed by atoms with E-state index in [9.17, 15) is 28.0 Å². The summed E-state index contributed by atoms with van der Waals surface area (Å²) in [6.07, 6.45) is 0.730. The third-order valence-electron chi connectivity index (χ3n) is 6.86. The van der Waals surface area contributed by atoms with E-state index in [0.717, 1.165) is 9.80 Å². The minimum atomic E-state index is -0.621.